The smallest absolute Gasteiger partial charge is 0.191 e. The van der Waals surface area contributed by atoms with E-state index >= 15 is 0 Å². The summed E-state index contributed by atoms with van der Waals surface area (Å²) in [6.07, 6.45) is 4.44. The quantitative estimate of drug-likeness (QED) is 0.328. The van der Waals surface area contributed by atoms with Crippen LogP contribution in [0.1, 0.15) is 37.7 Å². The fraction of sp³-hybridized carbons (Fsp3) is 0.632. The molecule has 1 unspecified atom stereocenters. The van der Waals surface area contributed by atoms with Crippen LogP contribution in [0.5, 0.6) is 0 Å². The number of ether oxygens (including phenoxy) is 1. The largest absolute Gasteiger partial charge is 0.469 e. The molecule has 2 aromatic heterocycles. The second kappa shape index (κ2) is 11.4. The molecule has 1 aliphatic rings. The van der Waals surface area contributed by atoms with Gasteiger partial charge in [0.15, 0.2) is 11.8 Å². The van der Waals surface area contributed by atoms with Gasteiger partial charge < -0.3 is 19.8 Å². The summed E-state index contributed by atoms with van der Waals surface area (Å²) in [5, 5.41) is 11.5. The SMILES string of the molecule is COCc1nc2n(n1)CC(NC(=NCC(C)C)NCCc1ccco1)CC2.I. The summed E-state index contributed by atoms with van der Waals surface area (Å²) in [5.74, 6) is 4.12. The molecule has 0 amide bonds. The fourth-order valence-electron chi connectivity index (χ4n) is 3.05. The first kappa shape index (κ1) is 22.7. The lowest BCUT2D eigenvalue weighted by Crippen LogP contribution is -2.47. The maximum atomic E-state index is 5.40. The van der Waals surface area contributed by atoms with Gasteiger partial charge in [-0.05, 0) is 24.5 Å². The first-order chi connectivity index (χ1) is 13.1. The molecule has 9 heteroatoms. The first-order valence-corrected chi connectivity index (χ1v) is 9.62. The number of halogens is 1. The van der Waals surface area contributed by atoms with Crippen LogP contribution in [0.2, 0.25) is 0 Å². The van der Waals surface area contributed by atoms with E-state index in [9.17, 15) is 0 Å². The van der Waals surface area contributed by atoms with Crippen LogP contribution in [0.15, 0.2) is 27.8 Å². The lowest BCUT2D eigenvalue weighted by molar-refractivity contribution is 0.177. The van der Waals surface area contributed by atoms with Crippen LogP contribution < -0.4 is 10.6 Å². The van der Waals surface area contributed by atoms with Crippen molar-refractivity contribution in [1.82, 2.24) is 25.4 Å². The van der Waals surface area contributed by atoms with Crippen molar-refractivity contribution in [1.29, 1.82) is 0 Å². The molecular formula is C19H31IN6O2. The number of methoxy groups -OCH3 is 1. The summed E-state index contributed by atoms with van der Waals surface area (Å²) < 4.78 is 12.5. The predicted octanol–water partition coefficient (Wildman–Crippen LogP) is 2.38. The topological polar surface area (TPSA) is 89.5 Å². The number of nitrogens with zero attached hydrogens (tertiary/aromatic N) is 4. The van der Waals surface area contributed by atoms with Crippen molar-refractivity contribution in [2.45, 2.75) is 52.3 Å². The minimum atomic E-state index is 0. The average Bonchev–Trinajstić information content (AvgIpc) is 3.28. The monoisotopic (exact) mass is 502 g/mol. The molecule has 0 bridgehead atoms. The van der Waals surface area contributed by atoms with Gasteiger partial charge in [0, 0.05) is 39.1 Å². The molecule has 3 rings (SSSR count). The molecule has 0 fully saturated rings. The molecule has 0 aliphatic carbocycles. The highest BCUT2D eigenvalue weighted by atomic mass is 127. The molecule has 1 aliphatic heterocycles. The van der Waals surface area contributed by atoms with Gasteiger partial charge in [-0.1, -0.05) is 13.8 Å². The summed E-state index contributed by atoms with van der Waals surface area (Å²) >= 11 is 0. The zero-order valence-electron chi connectivity index (χ0n) is 16.9. The number of aromatic nitrogens is 3. The minimum absolute atomic E-state index is 0. The van der Waals surface area contributed by atoms with Crippen molar-refractivity contribution in [2.24, 2.45) is 10.9 Å². The third kappa shape index (κ3) is 6.77. The summed E-state index contributed by atoms with van der Waals surface area (Å²) in [7, 11) is 1.66. The Kier molecular flexibility index (Phi) is 9.23. The number of guanidine groups is 1. The summed E-state index contributed by atoms with van der Waals surface area (Å²) in [4.78, 5) is 9.26. The fourth-order valence-corrected chi connectivity index (χ4v) is 3.05. The third-order valence-electron chi connectivity index (χ3n) is 4.37. The predicted molar refractivity (Wildman–Crippen MR) is 119 cm³/mol. The lowest BCUT2D eigenvalue weighted by Gasteiger charge is -2.25. The van der Waals surface area contributed by atoms with Crippen LogP contribution in [0.4, 0.5) is 0 Å². The van der Waals surface area contributed by atoms with Gasteiger partial charge in [0.05, 0.1) is 12.8 Å². The Morgan fingerprint density at radius 3 is 3.04 bits per heavy atom. The van der Waals surface area contributed by atoms with Crippen LogP contribution in [0.25, 0.3) is 0 Å². The molecule has 0 saturated heterocycles. The number of nitrogens with one attached hydrogen (secondary N) is 2. The molecule has 1 atom stereocenters. The van der Waals surface area contributed by atoms with Crippen molar-refractivity contribution in [3.8, 4) is 0 Å². The van der Waals surface area contributed by atoms with Crippen LogP contribution in [-0.2, 0) is 30.7 Å². The van der Waals surface area contributed by atoms with Crippen molar-refractivity contribution in [3.63, 3.8) is 0 Å². The number of furan rings is 1. The van der Waals surface area contributed by atoms with Crippen molar-refractivity contribution < 1.29 is 9.15 Å². The molecule has 0 aromatic carbocycles. The van der Waals surface area contributed by atoms with Gasteiger partial charge in [0.25, 0.3) is 0 Å². The summed E-state index contributed by atoms with van der Waals surface area (Å²) in [6.45, 7) is 7.14. The van der Waals surface area contributed by atoms with E-state index in [0.29, 0.717) is 12.5 Å². The Morgan fingerprint density at radius 2 is 2.32 bits per heavy atom. The number of fused-ring (bicyclic) bond motifs is 1. The molecule has 0 saturated carbocycles. The van der Waals surface area contributed by atoms with Crippen LogP contribution in [-0.4, -0.2) is 47.0 Å². The van der Waals surface area contributed by atoms with Gasteiger partial charge in [-0.2, -0.15) is 5.10 Å². The molecule has 28 heavy (non-hydrogen) atoms. The number of hydrogen-bond donors (Lipinski definition) is 2. The van der Waals surface area contributed by atoms with Gasteiger partial charge in [-0.15, -0.1) is 24.0 Å². The van der Waals surface area contributed by atoms with E-state index in [0.717, 1.165) is 62.3 Å². The Hall–Kier alpha value is -1.62. The molecular weight excluding hydrogens is 471 g/mol. The zero-order chi connectivity index (χ0) is 19.1. The average molecular weight is 502 g/mol. The number of rotatable bonds is 8. The highest BCUT2D eigenvalue weighted by molar-refractivity contribution is 14.0. The normalized spacial score (nSPS) is 16.6. The molecule has 0 spiro atoms. The Morgan fingerprint density at radius 1 is 1.46 bits per heavy atom. The Labute approximate surface area is 183 Å². The molecule has 156 valence electrons. The number of hydrogen-bond acceptors (Lipinski definition) is 5. The van der Waals surface area contributed by atoms with Crippen molar-refractivity contribution >= 4 is 29.9 Å². The maximum absolute atomic E-state index is 5.40. The third-order valence-corrected chi connectivity index (χ3v) is 4.37. The van der Waals surface area contributed by atoms with E-state index in [1.807, 2.05) is 16.8 Å². The van der Waals surface area contributed by atoms with Gasteiger partial charge in [0.2, 0.25) is 0 Å². The van der Waals surface area contributed by atoms with E-state index in [2.05, 4.69) is 34.6 Å². The van der Waals surface area contributed by atoms with Gasteiger partial charge in [-0.25, -0.2) is 9.67 Å². The van der Waals surface area contributed by atoms with E-state index in [-0.39, 0.29) is 30.0 Å². The van der Waals surface area contributed by atoms with Crippen LogP contribution in [0.3, 0.4) is 0 Å². The maximum Gasteiger partial charge on any atom is 0.191 e. The Balaban J connectivity index is 0.00000280. The molecule has 2 aromatic rings. The number of aliphatic imine (C=N–C) groups is 1. The van der Waals surface area contributed by atoms with Crippen molar-refractivity contribution in [2.75, 3.05) is 20.2 Å². The number of aryl methyl sites for hydroxylation is 1. The van der Waals surface area contributed by atoms with Crippen molar-refractivity contribution in [3.05, 3.63) is 35.8 Å². The van der Waals surface area contributed by atoms with E-state index in [1.165, 1.54) is 0 Å². The Bertz CT molecular complexity index is 729. The van der Waals surface area contributed by atoms with Crippen LogP contribution in [0, 0.1) is 5.92 Å². The van der Waals surface area contributed by atoms with Gasteiger partial charge in [0.1, 0.15) is 18.2 Å². The van der Waals surface area contributed by atoms with E-state index in [1.54, 1.807) is 13.4 Å². The molecule has 2 N–H and O–H groups in total. The summed E-state index contributed by atoms with van der Waals surface area (Å²) in [5.41, 5.74) is 0. The molecule has 0 radical (unpaired) electrons. The standard InChI is InChI=1S/C19H30N6O2.HI/c1-14(2)11-21-19(20-9-8-16-5-4-10-27-16)22-15-6-7-18-23-17(13-26-3)24-25(18)12-15;/h4-5,10,14-15H,6-9,11-13H2,1-3H3,(H2,20,21,22);1H. The lowest BCUT2D eigenvalue weighted by atomic mass is 10.1. The highest BCUT2D eigenvalue weighted by Gasteiger charge is 2.22. The van der Waals surface area contributed by atoms with Crippen LogP contribution >= 0.6 is 24.0 Å². The second-order valence-electron chi connectivity index (χ2n) is 7.28. The molecule has 8 nitrogen and oxygen atoms in total. The highest BCUT2D eigenvalue weighted by Crippen LogP contribution is 2.13. The molecule has 3 heterocycles. The van der Waals surface area contributed by atoms with E-state index in [4.69, 9.17) is 14.1 Å². The second-order valence-corrected chi connectivity index (χ2v) is 7.28. The minimum Gasteiger partial charge on any atom is -0.469 e. The van der Waals surface area contributed by atoms with E-state index < -0.39 is 0 Å². The van der Waals surface area contributed by atoms with Gasteiger partial charge in [-0.3, -0.25) is 4.99 Å². The first-order valence-electron chi connectivity index (χ1n) is 9.62. The zero-order valence-corrected chi connectivity index (χ0v) is 19.2. The summed E-state index contributed by atoms with van der Waals surface area (Å²) in [6, 6.07) is 4.18. The van der Waals surface area contributed by atoms with Gasteiger partial charge >= 0.3 is 0 Å².